The normalized spacial score (nSPS) is 11.0. The fraction of sp³-hybridized carbons (Fsp3) is 0. The second-order valence-corrected chi connectivity index (χ2v) is 11.3. The van der Waals surface area contributed by atoms with Gasteiger partial charge in [-0.1, -0.05) is 158 Å². The SMILES string of the molecule is c1ccc(-c2ccc(-c3cc(-c4nc(-c5ccccc5)nc(-c5ccccc5)n4)cc(-c4cccc5ccccc45)c3)cc2)cc1. The van der Waals surface area contributed by atoms with E-state index in [0.717, 1.165) is 33.4 Å². The van der Waals surface area contributed by atoms with Crippen LogP contribution >= 0.6 is 0 Å². The standard InChI is InChI=1S/C43H29N3/c1-4-13-30(14-5-1)31-23-25-32(26-24-31)36-27-37(40-22-12-20-33-15-10-11-21-39(33)40)29-38(28-36)43-45-41(34-16-6-2-7-17-34)44-42(46-43)35-18-8-3-9-19-35/h1-29H. The van der Waals surface area contributed by atoms with E-state index in [0.29, 0.717) is 17.5 Å². The van der Waals surface area contributed by atoms with Crippen LogP contribution in [0.4, 0.5) is 0 Å². The van der Waals surface area contributed by atoms with E-state index in [2.05, 4.69) is 109 Å². The van der Waals surface area contributed by atoms with Gasteiger partial charge in [0.2, 0.25) is 0 Å². The maximum Gasteiger partial charge on any atom is 0.164 e. The van der Waals surface area contributed by atoms with E-state index in [9.17, 15) is 0 Å². The van der Waals surface area contributed by atoms with Gasteiger partial charge in [0.15, 0.2) is 17.5 Å². The summed E-state index contributed by atoms with van der Waals surface area (Å²) in [5.74, 6) is 1.93. The number of hydrogen-bond acceptors (Lipinski definition) is 3. The molecule has 0 atom stereocenters. The minimum Gasteiger partial charge on any atom is -0.208 e. The van der Waals surface area contributed by atoms with Crippen molar-refractivity contribution in [2.75, 3.05) is 0 Å². The van der Waals surface area contributed by atoms with Gasteiger partial charge in [-0.05, 0) is 62.4 Å². The van der Waals surface area contributed by atoms with Crippen LogP contribution in [0.3, 0.4) is 0 Å². The molecule has 0 aliphatic carbocycles. The highest BCUT2D eigenvalue weighted by Gasteiger charge is 2.15. The predicted molar refractivity (Wildman–Crippen MR) is 190 cm³/mol. The van der Waals surface area contributed by atoms with Gasteiger partial charge in [-0.2, -0.15) is 0 Å². The quantitative estimate of drug-likeness (QED) is 0.194. The van der Waals surface area contributed by atoms with E-state index >= 15 is 0 Å². The van der Waals surface area contributed by atoms with E-state index < -0.39 is 0 Å². The molecule has 1 heterocycles. The molecule has 0 spiro atoms. The van der Waals surface area contributed by atoms with Crippen LogP contribution in [0.25, 0.3) is 78.3 Å². The number of aromatic nitrogens is 3. The van der Waals surface area contributed by atoms with E-state index in [1.165, 1.54) is 27.5 Å². The Morgan fingerprint density at radius 2 is 0.674 bits per heavy atom. The van der Waals surface area contributed by atoms with Gasteiger partial charge in [0, 0.05) is 16.7 Å². The largest absolute Gasteiger partial charge is 0.208 e. The average Bonchev–Trinajstić information content (AvgIpc) is 3.15. The minimum absolute atomic E-state index is 0.636. The van der Waals surface area contributed by atoms with Gasteiger partial charge in [-0.25, -0.2) is 15.0 Å². The van der Waals surface area contributed by atoms with Crippen LogP contribution in [-0.2, 0) is 0 Å². The third-order valence-corrected chi connectivity index (χ3v) is 8.32. The van der Waals surface area contributed by atoms with Crippen LogP contribution in [0.1, 0.15) is 0 Å². The molecule has 0 fully saturated rings. The molecule has 216 valence electrons. The molecule has 0 unspecified atom stereocenters. The van der Waals surface area contributed by atoms with Gasteiger partial charge in [-0.3, -0.25) is 0 Å². The molecular weight excluding hydrogens is 558 g/mol. The summed E-state index contributed by atoms with van der Waals surface area (Å²) < 4.78 is 0. The molecule has 0 bridgehead atoms. The second-order valence-electron chi connectivity index (χ2n) is 11.3. The van der Waals surface area contributed by atoms with E-state index in [4.69, 9.17) is 15.0 Å². The van der Waals surface area contributed by atoms with Crippen molar-refractivity contribution in [3.8, 4) is 67.5 Å². The highest BCUT2D eigenvalue weighted by Crippen LogP contribution is 2.36. The molecule has 0 aliphatic heterocycles. The molecule has 8 rings (SSSR count). The van der Waals surface area contributed by atoms with Gasteiger partial charge < -0.3 is 0 Å². The Hall–Kier alpha value is -6.19. The van der Waals surface area contributed by atoms with Crippen molar-refractivity contribution in [1.82, 2.24) is 15.0 Å². The number of nitrogens with zero attached hydrogens (tertiary/aromatic N) is 3. The van der Waals surface area contributed by atoms with Crippen LogP contribution in [-0.4, -0.2) is 15.0 Å². The predicted octanol–water partition coefficient (Wildman–Crippen LogP) is 11.0. The fourth-order valence-corrected chi connectivity index (χ4v) is 5.98. The first kappa shape index (κ1) is 27.4. The second kappa shape index (κ2) is 12.1. The Kier molecular flexibility index (Phi) is 7.18. The van der Waals surface area contributed by atoms with E-state index in [1.54, 1.807) is 0 Å². The van der Waals surface area contributed by atoms with E-state index in [-0.39, 0.29) is 0 Å². The molecule has 0 amide bonds. The van der Waals surface area contributed by atoms with Crippen LogP contribution in [0, 0.1) is 0 Å². The van der Waals surface area contributed by atoms with Crippen molar-refractivity contribution in [2.24, 2.45) is 0 Å². The van der Waals surface area contributed by atoms with Crippen molar-refractivity contribution in [3.05, 3.63) is 176 Å². The third-order valence-electron chi connectivity index (χ3n) is 8.32. The first-order valence-corrected chi connectivity index (χ1v) is 15.4. The lowest BCUT2D eigenvalue weighted by atomic mass is 9.92. The Labute approximate surface area is 268 Å². The molecule has 0 aliphatic rings. The summed E-state index contributed by atoms with van der Waals surface area (Å²) in [5.41, 5.74) is 9.73. The molecule has 8 aromatic rings. The van der Waals surface area contributed by atoms with Crippen molar-refractivity contribution in [1.29, 1.82) is 0 Å². The number of hydrogen-bond donors (Lipinski definition) is 0. The van der Waals surface area contributed by atoms with Crippen LogP contribution in [0.15, 0.2) is 176 Å². The molecule has 0 saturated heterocycles. The zero-order valence-corrected chi connectivity index (χ0v) is 25.1. The Morgan fingerprint density at radius 3 is 1.28 bits per heavy atom. The van der Waals surface area contributed by atoms with Gasteiger partial charge >= 0.3 is 0 Å². The van der Waals surface area contributed by atoms with Crippen molar-refractivity contribution in [2.45, 2.75) is 0 Å². The first-order valence-electron chi connectivity index (χ1n) is 15.4. The number of benzene rings is 7. The molecule has 46 heavy (non-hydrogen) atoms. The molecule has 7 aromatic carbocycles. The third kappa shape index (κ3) is 5.47. The Balaban J connectivity index is 1.34. The average molecular weight is 588 g/mol. The van der Waals surface area contributed by atoms with Crippen LogP contribution in [0.5, 0.6) is 0 Å². The van der Waals surface area contributed by atoms with Crippen molar-refractivity contribution in [3.63, 3.8) is 0 Å². The van der Waals surface area contributed by atoms with Gasteiger partial charge in [0.1, 0.15) is 0 Å². The number of rotatable bonds is 6. The summed E-state index contributed by atoms with van der Waals surface area (Å²) in [4.78, 5) is 15.0. The summed E-state index contributed by atoms with van der Waals surface area (Å²) in [5, 5.41) is 2.41. The lowest BCUT2D eigenvalue weighted by Gasteiger charge is -2.14. The first-order chi connectivity index (χ1) is 22.8. The van der Waals surface area contributed by atoms with Gasteiger partial charge in [-0.15, -0.1) is 0 Å². The monoisotopic (exact) mass is 587 g/mol. The van der Waals surface area contributed by atoms with Gasteiger partial charge in [0.25, 0.3) is 0 Å². The topological polar surface area (TPSA) is 38.7 Å². The lowest BCUT2D eigenvalue weighted by molar-refractivity contribution is 1.07. The molecule has 3 nitrogen and oxygen atoms in total. The summed E-state index contributed by atoms with van der Waals surface area (Å²) in [7, 11) is 0. The minimum atomic E-state index is 0.636. The van der Waals surface area contributed by atoms with Crippen molar-refractivity contribution < 1.29 is 0 Å². The summed E-state index contributed by atoms with van der Waals surface area (Å²) >= 11 is 0. The molecule has 0 N–H and O–H groups in total. The number of fused-ring (bicyclic) bond motifs is 1. The molecule has 0 saturated carbocycles. The summed E-state index contributed by atoms with van der Waals surface area (Å²) in [6, 6.07) is 61.2. The summed E-state index contributed by atoms with van der Waals surface area (Å²) in [6.07, 6.45) is 0. The smallest absolute Gasteiger partial charge is 0.164 e. The van der Waals surface area contributed by atoms with Gasteiger partial charge in [0.05, 0.1) is 0 Å². The lowest BCUT2D eigenvalue weighted by Crippen LogP contribution is -2.00. The highest BCUT2D eigenvalue weighted by molar-refractivity contribution is 5.98. The molecule has 1 aromatic heterocycles. The zero-order valence-electron chi connectivity index (χ0n) is 25.1. The zero-order chi connectivity index (χ0) is 30.7. The Morgan fingerprint density at radius 1 is 0.261 bits per heavy atom. The fourth-order valence-electron chi connectivity index (χ4n) is 5.98. The molecular formula is C43H29N3. The highest BCUT2D eigenvalue weighted by atomic mass is 15.0. The maximum atomic E-state index is 5.06. The van der Waals surface area contributed by atoms with Crippen LogP contribution in [0.2, 0.25) is 0 Å². The van der Waals surface area contributed by atoms with E-state index in [1.807, 2.05) is 66.7 Å². The molecule has 0 radical (unpaired) electrons. The summed E-state index contributed by atoms with van der Waals surface area (Å²) in [6.45, 7) is 0. The Bertz CT molecular complexity index is 2220. The van der Waals surface area contributed by atoms with Crippen molar-refractivity contribution >= 4 is 10.8 Å². The maximum absolute atomic E-state index is 5.06. The van der Waals surface area contributed by atoms with Crippen LogP contribution < -0.4 is 0 Å². The molecule has 3 heteroatoms.